The van der Waals surface area contributed by atoms with Gasteiger partial charge in [0.05, 0.1) is 11.4 Å². The van der Waals surface area contributed by atoms with Gasteiger partial charge >= 0.3 is 0 Å². The summed E-state index contributed by atoms with van der Waals surface area (Å²) in [5.41, 5.74) is 1.33. The van der Waals surface area contributed by atoms with Gasteiger partial charge in [0.2, 0.25) is 22.7 Å². The number of sulfonamides is 1. The van der Waals surface area contributed by atoms with Gasteiger partial charge in [0, 0.05) is 25.8 Å². The molecule has 1 aliphatic rings. The van der Waals surface area contributed by atoms with Crippen LogP contribution in [-0.4, -0.2) is 49.3 Å². The Kier molecular flexibility index (Phi) is 4.63. The molecule has 140 valence electrons. The van der Waals surface area contributed by atoms with E-state index in [1.807, 2.05) is 0 Å². The summed E-state index contributed by atoms with van der Waals surface area (Å²) in [5, 5.41) is 6.95. The Hall–Kier alpha value is -2.59. The number of ether oxygens (including phenoxy) is 2. The minimum atomic E-state index is -3.63. The van der Waals surface area contributed by atoms with Gasteiger partial charge in [-0.15, -0.1) is 0 Å². The van der Waals surface area contributed by atoms with E-state index in [4.69, 9.17) is 9.47 Å². The van der Waals surface area contributed by atoms with Crippen LogP contribution in [-0.2, 0) is 21.4 Å². The molecule has 0 unspecified atom stereocenters. The van der Waals surface area contributed by atoms with Crippen molar-refractivity contribution in [2.45, 2.75) is 25.3 Å². The molecule has 0 saturated carbocycles. The van der Waals surface area contributed by atoms with E-state index in [1.54, 1.807) is 32.0 Å². The second kappa shape index (κ2) is 6.61. The first kappa shape index (κ1) is 18.2. The number of amides is 1. The molecule has 2 heterocycles. The van der Waals surface area contributed by atoms with Gasteiger partial charge in [0.15, 0.2) is 11.5 Å². The van der Waals surface area contributed by atoms with Gasteiger partial charge in [-0.25, -0.2) is 12.7 Å². The summed E-state index contributed by atoms with van der Waals surface area (Å²) in [7, 11) is -0.719. The molecule has 26 heavy (non-hydrogen) atoms. The number of aryl methyl sites for hydroxylation is 1. The number of nitrogens with one attached hydrogen (secondary N) is 1. The first-order chi connectivity index (χ1) is 12.2. The van der Waals surface area contributed by atoms with Crippen LogP contribution in [0, 0.1) is 13.8 Å². The normalized spacial score (nSPS) is 13.3. The SMILES string of the molecule is Cc1nn(CC(=O)Nc2ccc3c(c2)OCO3)c(C)c1S(=O)(=O)N(C)C. The lowest BCUT2D eigenvalue weighted by Crippen LogP contribution is -2.24. The van der Waals surface area contributed by atoms with Crippen LogP contribution in [0.3, 0.4) is 0 Å². The smallest absolute Gasteiger partial charge is 0.246 e. The molecule has 0 saturated heterocycles. The van der Waals surface area contributed by atoms with Gasteiger partial charge in [-0.05, 0) is 26.0 Å². The molecule has 10 heteroatoms. The molecule has 0 bridgehead atoms. The topological polar surface area (TPSA) is 103 Å². The average molecular weight is 380 g/mol. The van der Waals surface area contributed by atoms with E-state index in [9.17, 15) is 13.2 Å². The molecule has 1 aromatic carbocycles. The second-order valence-electron chi connectivity index (χ2n) is 6.06. The Balaban J connectivity index is 1.78. The van der Waals surface area contributed by atoms with Crippen LogP contribution in [0.1, 0.15) is 11.4 Å². The fourth-order valence-corrected chi connectivity index (χ4v) is 3.96. The zero-order valence-electron chi connectivity index (χ0n) is 14.9. The highest BCUT2D eigenvalue weighted by Gasteiger charge is 2.27. The number of carbonyl (C=O) groups is 1. The van der Waals surface area contributed by atoms with E-state index in [2.05, 4.69) is 10.4 Å². The number of nitrogens with zero attached hydrogens (tertiary/aromatic N) is 3. The van der Waals surface area contributed by atoms with Crippen LogP contribution in [0.5, 0.6) is 11.5 Å². The number of hydrogen-bond acceptors (Lipinski definition) is 6. The number of aromatic nitrogens is 2. The van der Waals surface area contributed by atoms with Crippen molar-refractivity contribution in [1.82, 2.24) is 14.1 Å². The van der Waals surface area contributed by atoms with E-state index < -0.39 is 10.0 Å². The van der Waals surface area contributed by atoms with Crippen LogP contribution < -0.4 is 14.8 Å². The lowest BCUT2D eigenvalue weighted by atomic mass is 10.3. The Morgan fingerprint density at radius 3 is 2.65 bits per heavy atom. The van der Waals surface area contributed by atoms with Crippen molar-refractivity contribution in [2.75, 3.05) is 26.2 Å². The molecule has 1 N–H and O–H groups in total. The molecule has 0 radical (unpaired) electrons. The third-order valence-corrected chi connectivity index (χ3v) is 6.07. The molecule has 0 fully saturated rings. The van der Waals surface area contributed by atoms with E-state index in [1.165, 1.54) is 18.8 Å². The largest absolute Gasteiger partial charge is 0.454 e. The van der Waals surface area contributed by atoms with Gasteiger partial charge in [0.1, 0.15) is 11.4 Å². The molecular formula is C16H20N4O5S. The standard InChI is InChI=1S/C16H20N4O5S/c1-10-16(26(22,23)19(3)4)11(2)20(18-10)8-15(21)17-12-5-6-13-14(7-12)25-9-24-13/h5-7H,8-9H2,1-4H3,(H,17,21). The summed E-state index contributed by atoms with van der Waals surface area (Å²) in [5.74, 6) is 0.858. The fraction of sp³-hybridized carbons (Fsp3) is 0.375. The monoisotopic (exact) mass is 380 g/mol. The number of anilines is 1. The van der Waals surface area contributed by atoms with E-state index in [0.29, 0.717) is 28.6 Å². The van der Waals surface area contributed by atoms with Crippen LogP contribution in [0.25, 0.3) is 0 Å². The summed E-state index contributed by atoms with van der Waals surface area (Å²) in [6.07, 6.45) is 0. The zero-order valence-corrected chi connectivity index (χ0v) is 15.8. The molecule has 1 amide bonds. The fourth-order valence-electron chi connectivity index (χ4n) is 2.70. The molecule has 0 spiro atoms. The highest BCUT2D eigenvalue weighted by Crippen LogP contribution is 2.34. The maximum atomic E-state index is 12.4. The number of fused-ring (bicyclic) bond motifs is 1. The minimum Gasteiger partial charge on any atom is -0.454 e. The van der Waals surface area contributed by atoms with Crippen molar-refractivity contribution in [3.8, 4) is 11.5 Å². The average Bonchev–Trinajstić information content (AvgIpc) is 3.11. The minimum absolute atomic E-state index is 0.107. The maximum Gasteiger partial charge on any atom is 0.246 e. The second-order valence-corrected chi connectivity index (χ2v) is 8.15. The van der Waals surface area contributed by atoms with Gasteiger partial charge in [-0.3, -0.25) is 9.48 Å². The first-order valence-electron chi connectivity index (χ1n) is 7.86. The lowest BCUT2D eigenvalue weighted by Gasteiger charge is -2.12. The first-order valence-corrected chi connectivity index (χ1v) is 9.30. The van der Waals surface area contributed by atoms with Crippen LogP contribution in [0.15, 0.2) is 23.1 Å². The predicted molar refractivity (Wildman–Crippen MR) is 93.8 cm³/mol. The molecule has 1 aliphatic heterocycles. The summed E-state index contributed by atoms with van der Waals surface area (Å²) >= 11 is 0. The van der Waals surface area contributed by atoms with Gasteiger partial charge in [-0.1, -0.05) is 0 Å². The zero-order chi connectivity index (χ0) is 19.1. The molecule has 3 rings (SSSR count). The van der Waals surface area contributed by atoms with Gasteiger partial charge in [-0.2, -0.15) is 5.10 Å². The van der Waals surface area contributed by atoms with E-state index >= 15 is 0 Å². The van der Waals surface area contributed by atoms with Gasteiger partial charge < -0.3 is 14.8 Å². The number of rotatable bonds is 5. The summed E-state index contributed by atoms with van der Waals surface area (Å²) in [6.45, 7) is 3.28. The quantitative estimate of drug-likeness (QED) is 0.834. The van der Waals surface area contributed by atoms with Crippen molar-refractivity contribution >= 4 is 21.6 Å². The Morgan fingerprint density at radius 1 is 1.27 bits per heavy atom. The Morgan fingerprint density at radius 2 is 1.96 bits per heavy atom. The van der Waals surface area contributed by atoms with Crippen LogP contribution in [0.2, 0.25) is 0 Å². The van der Waals surface area contributed by atoms with Crippen molar-refractivity contribution in [3.05, 3.63) is 29.6 Å². The van der Waals surface area contributed by atoms with Crippen LogP contribution >= 0.6 is 0 Å². The third-order valence-electron chi connectivity index (χ3n) is 4.00. The van der Waals surface area contributed by atoms with Gasteiger partial charge in [0.25, 0.3) is 0 Å². The highest BCUT2D eigenvalue weighted by molar-refractivity contribution is 7.89. The number of carbonyl (C=O) groups excluding carboxylic acids is 1. The summed E-state index contributed by atoms with van der Waals surface area (Å²) < 4.78 is 37.8. The molecular weight excluding hydrogens is 360 g/mol. The van der Waals surface area contributed by atoms with Crippen molar-refractivity contribution in [3.63, 3.8) is 0 Å². The Labute approximate surface area is 151 Å². The Bertz CT molecular complexity index is 965. The molecule has 1 aromatic heterocycles. The lowest BCUT2D eigenvalue weighted by molar-refractivity contribution is -0.116. The van der Waals surface area contributed by atoms with Crippen LogP contribution in [0.4, 0.5) is 5.69 Å². The van der Waals surface area contributed by atoms with E-state index in [0.717, 1.165) is 4.31 Å². The summed E-state index contributed by atoms with van der Waals surface area (Å²) in [6, 6.07) is 5.08. The molecule has 9 nitrogen and oxygen atoms in total. The van der Waals surface area contributed by atoms with Crippen molar-refractivity contribution in [2.24, 2.45) is 0 Å². The summed E-state index contributed by atoms with van der Waals surface area (Å²) in [4.78, 5) is 12.5. The molecule has 0 aliphatic carbocycles. The number of benzene rings is 1. The molecule has 2 aromatic rings. The third kappa shape index (κ3) is 3.25. The highest BCUT2D eigenvalue weighted by atomic mass is 32.2. The predicted octanol–water partition coefficient (Wildman–Crippen LogP) is 1.12. The van der Waals surface area contributed by atoms with E-state index in [-0.39, 0.29) is 24.1 Å². The molecule has 0 atom stereocenters. The van der Waals surface area contributed by atoms with Crippen molar-refractivity contribution < 1.29 is 22.7 Å². The maximum absolute atomic E-state index is 12.4. The van der Waals surface area contributed by atoms with Crippen molar-refractivity contribution in [1.29, 1.82) is 0 Å². The number of hydrogen-bond donors (Lipinski definition) is 1.